The Balaban J connectivity index is 1.92. The van der Waals surface area contributed by atoms with E-state index in [-0.39, 0.29) is 18.4 Å². The minimum Gasteiger partial charge on any atom is -0.496 e. The average Bonchev–Trinajstić information content (AvgIpc) is 2.53. The topological polar surface area (TPSA) is 61.9 Å². The number of amides is 2. The second-order valence-corrected chi connectivity index (χ2v) is 6.13. The molecule has 1 heterocycles. The maximum absolute atomic E-state index is 12.2. The van der Waals surface area contributed by atoms with Crippen molar-refractivity contribution in [1.29, 1.82) is 0 Å². The van der Waals surface area contributed by atoms with Crippen LogP contribution in [0.15, 0.2) is 22.7 Å². The third-order valence-corrected chi connectivity index (χ3v) is 4.16. The summed E-state index contributed by atoms with van der Waals surface area (Å²) in [5, 5.41) is 2.66. The van der Waals surface area contributed by atoms with Gasteiger partial charge in [-0.15, -0.1) is 0 Å². The monoisotopic (exact) mass is 369 g/mol. The average molecular weight is 370 g/mol. The lowest BCUT2D eigenvalue weighted by Crippen LogP contribution is -2.50. The Morgan fingerprint density at radius 2 is 1.95 bits per heavy atom. The number of rotatable bonds is 4. The summed E-state index contributed by atoms with van der Waals surface area (Å²) in [6.07, 6.45) is 0. The molecule has 1 aromatic carbocycles. The van der Waals surface area contributed by atoms with Crippen LogP contribution >= 0.6 is 15.9 Å². The van der Waals surface area contributed by atoms with E-state index in [0.717, 1.165) is 17.6 Å². The molecule has 120 valence electrons. The number of hydrogen-bond acceptors (Lipinski definition) is 4. The van der Waals surface area contributed by atoms with Gasteiger partial charge in [-0.2, -0.15) is 0 Å². The molecule has 1 fully saturated rings. The number of carbonyl (C=O) groups excluding carboxylic acids is 2. The van der Waals surface area contributed by atoms with Gasteiger partial charge in [0.2, 0.25) is 5.91 Å². The molecule has 1 aliphatic rings. The normalized spacial score (nSPS) is 15.5. The third kappa shape index (κ3) is 4.20. The van der Waals surface area contributed by atoms with Crippen molar-refractivity contribution < 1.29 is 14.3 Å². The fourth-order valence-corrected chi connectivity index (χ4v) is 2.64. The van der Waals surface area contributed by atoms with E-state index < -0.39 is 0 Å². The van der Waals surface area contributed by atoms with Gasteiger partial charge in [0.05, 0.1) is 19.2 Å². The summed E-state index contributed by atoms with van der Waals surface area (Å²) in [7, 11) is 3.54. The second-order valence-electron chi connectivity index (χ2n) is 5.21. The first-order valence-electron chi connectivity index (χ1n) is 7.09. The van der Waals surface area contributed by atoms with E-state index in [4.69, 9.17) is 4.74 Å². The van der Waals surface area contributed by atoms with E-state index in [2.05, 4.69) is 26.1 Å². The first kappa shape index (κ1) is 16.8. The highest BCUT2D eigenvalue weighted by atomic mass is 79.9. The van der Waals surface area contributed by atoms with Crippen molar-refractivity contribution in [1.82, 2.24) is 15.1 Å². The number of likely N-dealkylation sites (N-methyl/N-ethyl adjacent to an activating group) is 1. The quantitative estimate of drug-likeness (QED) is 0.858. The molecule has 22 heavy (non-hydrogen) atoms. The number of ether oxygens (including phenoxy) is 1. The summed E-state index contributed by atoms with van der Waals surface area (Å²) in [4.78, 5) is 28.3. The molecule has 2 rings (SSSR count). The van der Waals surface area contributed by atoms with Crippen LogP contribution in [0, 0.1) is 0 Å². The number of piperazine rings is 1. The molecule has 0 aliphatic carbocycles. The van der Waals surface area contributed by atoms with E-state index in [1.807, 2.05) is 7.05 Å². The van der Waals surface area contributed by atoms with Gasteiger partial charge < -0.3 is 19.9 Å². The predicted octanol–water partition coefficient (Wildman–Crippen LogP) is 0.961. The zero-order chi connectivity index (χ0) is 16.1. The molecule has 0 spiro atoms. The molecule has 1 aliphatic heterocycles. The molecular weight excluding hydrogens is 350 g/mol. The first-order chi connectivity index (χ1) is 10.5. The molecule has 1 aromatic rings. The van der Waals surface area contributed by atoms with Crippen LogP contribution in [0.25, 0.3) is 0 Å². The fraction of sp³-hybridized carbons (Fsp3) is 0.467. The highest BCUT2D eigenvalue weighted by Gasteiger charge is 2.20. The van der Waals surface area contributed by atoms with Gasteiger partial charge in [0, 0.05) is 30.7 Å². The summed E-state index contributed by atoms with van der Waals surface area (Å²) in [6, 6.07) is 5.18. The molecule has 6 nitrogen and oxygen atoms in total. The number of hydrogen-bond donors (Lipinski definition) is 1. The van der Waals surface area contributed by atoms with Crippen molar-refractivity contribution in [3.05, 3.63) is 28.2 Å². The molecule has 0 atom stereocenters. The summed E-state index contributed by atoms with van der Waals surface area (Å²) in [5.41, 5.74) is 0.406. The Kier molecular flexibility index (Phi) is 5.79. The van der Waals surface area contributed by atoms with Crippen LogP contribution in [0.1, 0.15) is 10.4 Å². The minimum absolute atomic E-state index is 0.00177. The van der Waals surface area contributed by atoms with Gasteiger partial charge in [-0.25, -0.2) is 0 Å². The maximum atomic E-state index is 12.2. The summed E-state index contributed by atoms with van der Waals surface area (Å²) < 4.78 is 5.96. The zero-order valence-corrected chi connectivity index (χ0v) is 14.4. The van der Waals surface area contributed by atoms with Crippen LogP contribution < -0.4 is 10.1 Å². The largest absolute Gasteiger partial charge is 0.496 e. The van der Waals surface area contributed by atoms with Crippen LogP contribution in [0.5, 0.6) is 5.75 Å². The van der Waals surface area contributed by atoms with Crippen molar-refractivity contribution >= 4 is 27.7 Å². The van der Waals surface area contributed by atoms with Gasteiger partial charge in [0.25, 0.3) is 5.91 Å². The van der Waals surface area contributed by atoms with Gasteiger partial charge in [-0.1, -0.05) is 15.9 Å². The standard InChI is InChI=1S/C15H20BrN3O3/c1-18-5-7-19(8-6-18)14(20)10-17-15(21)12-9-11(16)3-4-13(12)22-2/h3-4,9H,5-8,10H2,1-2H3,(H,17,21). The number of benzene rings is 1. The molecule has 1 saturated heterocycles. The Morgan fingerprint density at radius 3 is 2.59 bits per heavy atom. The van der Waals surface area contributed by atoms with E-state index in [9.17, 15) is 9.59 Å². The lowest BCUT2D eigenvalue weighted by atomic mass is 10.2. The van der Waals surface area contributed by atoms with Gasteiger partial charge in [0.15, 0.2) is 0 Å². The van der Waals surface area contributed by atoms with E-state index in [0.29, 0.717) is 24.4 Å². The predicted molar refractivity (Wildman–Crippen MR) is 87.1 cm³/mol. The van der Waals surface area contributed by atoms with Gasteiger partial charge >= 0.3 is 0 Å². The molecule has 0 saturated carbocycles. The Labute approximate surface area is 138 Å². The van der Waals surface area contributed by atoms with E-state index in [1.165, 1.54) is 7.11 Å². The molecule has 1 N–H and O–H groups in total. The maximum Gasteiger partial charge on any atom is 0.255 e. The summed E-state index contributed by atoms with van der Waals surface area (Å²) in [5.74, 6) is 0.101. The molecule has 0 aromatic heterocycles. The van der Waals surface area contributed by atoms with Gasteiger partial charge in [-0.3, -0.25) is 9.59 Å². The number of carbonyl (C=O) groups is 2. The Morgan fingerprint density at radius 1 is 1.27 bits per heavy atom. The lowest BCUT2D eigenvalue weighted by molar-refractivity contribution is -0.131. The van der Waals surface area contributed by atoms with E-state index in [1.54, 1.807) is 23.1 Å². The van der Waals surface area contributed by atoms with Crippen molar-refractivity contribution in [2.24, 2.45) is 0 Å². The van der Waals surface area contributed by atoms with Crippen LogP contribution in [0.4, 0.5) is 0 Å². The van der Waals surface area contributed by atoms with Gasteiger partial charge in [0.1, 0.15) is 5.75 Å². The molecule has 0 unspecified atom stereocenters. The van der Waals surface area contributed by atoms with Crippen molar-refractivity contribution in [2.75, 3.05) is 46.9 Å². The Hall–Kier alpha value is -1.60. The van der Waals surface area contributed by atoms with Crippen LogP contribution in [-0.2, 0) is 4.79 Å². The van der Waals surface area contributed by atoms with Crippen LogP contribution in [0.3, 0.4) is 0 Å². The van der Waals surface area contributed by atoms with Crippen molar-refractivity contribution in [3.63, 3.8) is 0 Å². The highest BCUT2D eigenvalue weighted by Crippen LogP contribution is 2.22. The highest BCUT2D eigenvalue weighted by molar-refractivity contribution is 9.10. The Bertz CT molecular complexity index is 557. The zero-order valence-electron chi connectivity index (χ0n) is 12.8. The molecule has 0 bridgehead atoms. The second kappa shape index (κ2) is 7.60. The molecular formula is C15H20BrN3O3. The lowest BCUT2D eigenvalue weighted by Gasteiger charge is -2.32. The number of halogens is 1. The van der Waals surface area contributed by atoms with Crippen LogP contribution in [0.2, 0.25) is 0 Å². The van der Waals surface area contributed by atoms with Crippen LogP contribution in [-0.4, -0.2) is 68.5 Å². The summed E-state index contributed by atoms with van der Waals surface area (Å²) in [6.45, 7) is 3.12. The third-order valence-electron chi connectivity index (χ3n) is 3.66. The van der Waals surface area contributed by atoms with Crippen molar-refractivity contribution in [2.45, 2.75) is 0 Å². The molecule has 7 heteroatoms. The minimum atomic E-state index is -0.319. The fourth-order valence-electron chi connectivity index (χ4n) is 2.28. The van der Waals surface area contributed by atoms with E-state index >= 15 is 0 Å². The summed E-state index contributed by atoms with van der Waals surface area (Å²) >= 11 is 3.33. The molecule has 0 radical (unpaired) electrons. The number of nitrogens with one attached hydrogen (secondary N) is 1. The SMILES string of the molecule is COc1ccc(Br)cc1C(=O)NCC(=O)N1CCN(C)CC1. The van der Waals surface area contributed by atoms with Gasteiger partial charge in [-0.05, 0) is 25.2 Å². The molecule has 2 amide bonds. The number of methoxy groups -OCH3 is 1. The number of nitrogens with zero attached hydrogens (tertiary/aromatic N) is 2. The van der Waals surface area contributed by atoms with Crippen molar-refractivity contribution in [3.8, 4) is 5.75 Å². The first-order valence-corrected chi connectivity index (χ1v) is 7.88. The smallest absolute Gasteiger partial charge is 0.255 e.